The van der Waals surface area contributed by atoms with Crippen LogP contribution in [0.3, 0.4) is 0 Å². The lowest BCUT2D eigenvalue weighted by Gasteiger charge is -2.08. The van der Waals surface area contributed by atoms with Crippen molar-refractivity contribution in [2.24, 2.45) is 5.92 Å². The van der Waals surface area contributed by atoms with Gasteiger partial charge in [0.2, 0.25) is 0 Å². The van der Waals surface area contributed by atoms with Gasteiger partial charge in [0, 0.05) is 17.2 Å². The molecule has 0 unspecified atom stereocenters. The fourth-order valence-corrected chi connectivity index (χ4v) is 2.11. The summed E-state index contributed by atoms with van der Waals surface area (Å²) >= 11 is 0. The summed E-state index contributed by atoms with van der Waals surface area (Å²) in [6.07, 6.45) is 4.55. The minimum atomic E-state index is 0.259. The predicted molar refractivity (Wildman–Crippen MR) is 59.9 cm³/mol. The molecular formula is C13H15NO. The third kappa shape index (κ3) is 1.54. The van der Waals surface area contributed by atoms with E-state index in [1.54, 1.807) is 0 Å². The number of carbonyl (C=O) groups is 1. The Morgan fingerprint density at radius 1 is 1.20 bits per heavy atom. The first-order valence-electron chi connectivity index (χ1n) is 5.70. The molecule has 0 aromatic heterocycles. The van der Waals surface area contributed by atoms with Crippen molar-refractivity contribution in [3.05, 3.63) is 29.3 Å². The van der Waals surface area contributed by atoms with Crippen molar-refractivity contribution in [2.75, 3.05) is 5.73 Å². The van der Waals surface area contributed by atoms with E-state index in [2.05, 4.69) is 6.07 Å². The second kappa shape index (κ2) is 3.09. The quantitative estimate of drug-likeness (QED) is 0.603. The number of nitrogen functional groups attached to an aromatic ring is 1. The molecule has 15 heavy (non-hydrogen) atoms. The van der Waals surface area contributed by atoms with Crippen LogP contribution in [0.25, 0.3) is 0 Å². The first-order valence-corrected chi connectivity index (χ1v) is 5.70. The van der Waals surface area contributed by atoms with Gasteiger partial charge in [-0.05, 0) is 43.2 Å². The van der Waals surface area contributed by atoms with Gasteiger partial charge in [0.15, 0.2) is 5.78 Å². The average molecular weight is 201 g/mol. The van der Waals surface area contributed by atoms with E-state index in [1.807, 2.05) is 12.1 Å². The minimum Gasteiger partial charge on any atom is -0.398 e. The molecule has 0 aliphatic heterocycles. The van der Waals surface area contributed by atoms with Gasteiger partial charge in [0.25, 0.3) is 0 Å². The maximum absolute atomic E-state index is 11.9. The van der Waals surface area contributed by atoms with Gasteiger partial charge in [-0.1, -0.05) is 12.1 Å². The highest BCUT2D eigenvalue weighted by atomic mass is 16.1. The van der Waals surface area contributed by atoms with Crippen molar-refractivity contribution in [1.82, 2.24) is 0 Å². The molecule has 0 amide bonds. The molecule has 2 aliphatic carbocycles. The number of anilines is 1. The molecule has 0 bridgehead atoms. The number of benzene rings is 1. The highest BCUT2D eigenvalue weighted by molar-refractivity contribution is 6.04. The second-order valence-electron chi connectivity index (χ2n) is 4.72. The molecule has 2 N–H and O–H groups in total. The molecule has 0 saturated heterocycles. The lowest BCUT2D eigenvalue weighted by Crippen LogP contribution is -2.07. The average Bonchev–Trinajstić information content (AvgIpc) is 3.08. The standard InChI is InChI=1S/C13H15NO/c14-12-10(8-4-5-8)2-1-3-11(12)13(15)9-6-7-9/h1-3,8-9H,4-7,14H2. The van der Waals surface area contributed by atoms with Crippen LogP contribution in [0.4, 0.5) is 5.69 Å². The van der Waals surface area contributed by atoms with Crippen LogP contribution in [0.2, 0.25) is 0 Å². The summed E-state index contributed by atoms with van der Waals surface area (Å²) in [5.74, 6) is 1.15. The van der Waals surface area contributed by atoms with Crippen molar-refractivity contribution < 1.29 is 4.79 Å². The molecule has 0 spiro atoms. The van der Waals surface area contributed by atoms with Crippen molar-refractivity contribution >= 4 is 11.5 Å². The number of nitrogens with two attached hydrogens (primary N) is 1. The van der Waals surface area contributed by atoms with Crippen LogP contribution in [-0.2, 0) is 0 Å². The summed E-state index contributed by atoms with van der Waals surface area (Å²) in [5.41, 5.74) is 8.78. The molecule has 1 aromatic carbocycles. The van der Waals surface area contributed by atoms with Crippen LogP contribution >= 0.6 is 0 Å². The Kier molecular flexibility index (Phi) is 1.84. The number of hydrogen-bond donors (Lipinski definition) is 1. The minimum absolute atomic E-state index is 0.259. The normalized spacial score (nSPS) is 20.3. The first kappa shape index (κ1) is 8.96. The third-order valence-corrected chi connectivity index (χ3v) is 3.37. The van der Waals surface area contributed by atoms with E-state index >= 15 is 0 Å². The molecule has 2 aliphatic rings. The van der Waals surface area contributed by atoms with Gasteiger partial charge < -0.3 is 5.73 Å². The lowest BCUT2D eigenvalue weighted by molar-refractivity contribution is 0.0968. The first-order chi connectivity index (χ1) is 7.27. The van der Waals surface area contributed by atoms with Crippen LogP contribution in [0.1, 0.15) is 47.5 Å². The molecule has 3 rings (SSSR count). The molecule has 2 nitrogen and oxygen atoms in total. The van der Waals surface area contributed by atoms with E-state index in [1.165, 1.54) is 18.4 Å². The van der Waals surface area contributed by atoms with Gasteiger partial charge in [-0.15, -0.1) is 0 Å². The predicted octanol–water partition coefficient (Wildman–Crippen LogP) is 2.74. The topological polar surface area (TPSA) is 43.1 Å². The number of ketones is 1. The van der Waals surface area contributed by atoms with E-state index in [0.717, 1.165) is 24.1 Å². The van der Waals surface area contributed by atoms with E-state index < -0.39 is 0 Å². The molecule has 2 heteroatoms. The Bertz CT molecular complexity index is 417. The molecule has 2 fully saturated rings. The van der Waals surface area contributed by atoms with Gasteiger partial charge in [0.1, 0.15) is 0 Å². The Balaban J connectivity index is 1.99. The van der Waals surface area contributed by atoms with Crippen molar-refractivity contribution in [2.45, 2.75) is 31.6 Å². The monoisotopic (exact) mass is 201 g/mol. The third-order valence-electron chi connectivity index (χ3n) is 3.37. The zero-order valence-electron chi connectivity index (χ0n) is 8.70. The van der Waals surface area contributed by atoms with Crippen LogP contribution in [0.5, 0.6) is 0 Å². The Morgan fingerprint density at radius 2 is 1.93 bits per heavy atom. The molecule has 0 radical (unpaired) electrons. The second-order valence-corrected chi connectivity index (χ2v) is 4.72. The fraction of sp³-hybridized carbons (Fsp3) is 0.462. The van der Waals surface area contributed by atoms with E-state index in [4.69, 9.17) is 5.73 Å². The Morgan fingerprint density at radius 3 is 2.53 bits per heavy atom. The lowest BCUT2D eigenvalue weighted by atomic mass is 9.99. The van der Waals surface area contributed by atoms with Gasteiger partial charge in [-0.2, -0.15) is 0 Å². The summed E-state index contributed by atoms with van der Waals surface area (Å²) in [6, 6.07) is 5.91. The zero-order valence-corrected chi connectivity index (χ0v) is 8.70. The molecular weight excluding hydrogens is 186 g/mol. The van der Waals surface area contributed by atoms with Gasteiger partial charge >= 0.3 is 0 Å². The largest absolute Gasteiger partial charge is 0.398 e. The number of Topliss-reactive ketones (excluding diaryl/α,β-unsaturated/α-hetero) is 1. The molecule has 0 heterocycles. The van der Waals surface area contributed by atoms with E-state index in [9.17, 15) is 4.79 Å². The van der Waals surface area contributed by atoms with Crippen LogP contribution in [0, 0.1) is 5.92 Å². The highest BCUT2D eigenvalue weighted by Crippen LogP contribution is 2.44. The van der Waals surface area contributed by atoms with Crippen molar-refractivity contribution in [3.8, 4) is 0 Å². The molecule has 0 atom stereocenters. The SMILES string of the molecule is Nc1c(C(=O)C2CC2)cccc1C1CC1. The summed E-state index contributed by atoms with van der Waals surface area (Å²) in [7, 11) is 0. The maximum Gasteiger partial charge on any atom is 0.168 e. The number of para-hydroxylation sites is 1. The van der Waals surface area contributed by atoms with Gasteiger partial charge in [0.05, 0.1) is 0 Å². The smallest absolute Gasteiger partial charge is 0.168 e. The van der Waals surface area contributed by atoms with Crippen LogP contribution < -0.4 is 5.73 Å². The summed E-state index contributed by atoms with van der Waals surface area (Å²) in [5, 5.41) is 0. The number of carbonyl (C=O) groups excluding carboxylic acids is 1. The Labute approximate surface area is 89.5 Å². The fourth-order valence-electron chi connectivity index (χ4n) is 2.11. The van der Waals surface area contributed by atoms with Crippen molar-refractivity contribution in [3.63, 3.8) is 0 Å². The summed E-state index contributed by atoms with van der Waals surface area (Å²) in [4.78, 5) is 11.9. The molecule has 78 valence electrons. The highest BCUT2D eigenvalue weighted by Gasteiger charge is 2.33. The van der Waals surface area contributed by atoms with Gasteiger partial charge in [-0.25, -0.2) is 0 Å². The molecule has 2 saturated carbocycles. The Hall–Kier alpha value is -1.31. The van der Waals surface area contributed by atoms with E-state index in [0.29, 0.717) is 5.92 Å². The zero-order chi connectivity index (χ0) is 10.4. The summed E-state index contributed by atoms with van der Waals surface area (Å²) in [6.45, 7) is 0. The van der Waals surface area contributed by atoms with E-state index in [-0.39, 0.29) is 11.7 Å². The number of rotatable bonds is 3. The maximum atomic E-state index is 11.9. The van der Waals surface area contributed by atoms with Crippen LogP contribution in [0.15, 0.2) is 18.2 Å². The molecule has 1 aromatic rings. The van der Waals surface area contributed by atoms with Crippen LogP contribution in [-0.4, -0.2) is 5.78 Å². The van der Waals surface area contributed by atoms with Crippen molar-refractivity contribution in [1.29, 1.82) is 0 Å². The number of hydrogen-bond acceptors (Lipinski definition) is 2. The van der Waals surface area contributed by atoms with Gasteiger partial charge in [-0.3, -0.25) is 4.79 Å². The summed E-state index contributed by atoms with van der Waals surface area (Å²) < 4.78 is 0.